The molecule has 0 bridgehead atoms. The number of hydrogen-bond acceptors (Lipinski definition) is 4. The van der Waals surface area contributed by atoms with Gasteiger partial charge in [-0.25, -0.2) is 4.72 Å². The van der Waals surface area contributed by atoms with Gasteiger partial charge < -0.3 is 4.52 Å². The highest BCUT2D eigenvalue weighted by atomic mass is 32.2. The number of nitrogens with zero attached hydrogens (tertiary/aromatic N) is 1. The normalized spacial score (nSPS) is 14.0. The van der Waals surface area contributed by atoms with Crippen molar-refractivity contribution in [1.82, 2.24) is 14.6 Å². The molecule has 2 N–H and O–H groups in total. The summed E-state index contributed by atoms with van der Waals surface area (Å²) in [6.07, 6.45) is 0.558. The van der Waals surface area contributed by atoms with Gasteiger partial charge in [0.05, 0.1) is 5.69 Å². The highest BCUT2D eigenvalue weighted by Gasteiger charge is 2.16. The molecule has 1 rings (SSSR count). The van der Waals surface area contributed by atoms with E-state index in [1.54, 1.807) is 6.92 Å². The van der Waals surface area contributed by atoms with Crippen molar-refractivity contribution in [3.63, 3.8) is 0 Å². The molecule has 1 aromatic heterocycles. The zero-order valence-corrected chi connectivity index (χ0v) is 10.7. The maximum Gasteiger partial charge on any atom is 0.276 e. The van der Waals surface area contributed by atoms with E-state index in [-0.39, 0.29) is 6.04 Å². The van der Waals surface area contributed by atoms with Gasteiger partial charge in [-0.2, -0.15) is 13.1 Å². The summed E-state index contributed by atoms with van der Waals surface area (Å²) in [4.78, 5) is 0. The summed E-state index contributed by atoms with van der Waals surface area (Å²) >= 11 is 0. The Bertz CT molecular complexity index is 433. The fraction of sp³-hybridized carbons (Fsp3) is 0.667. The van der Waals surface area contributed by atoms with Crippen molar-refractivity contribution in [2.24, 2.45) is 0 Å². The van der Waals surface area contributed by atoms with E-state index in [1.165, 1.54) is 7.05 Å². The molecule has 0 saturated heterocycles. The Balaban J connectivity index is 2.69. The van der Waals surface area contributed by atoms with Crippen molar-refractivity contribution in [3.05, 3.63) is 17.0 Å². The van der Waals surface area contributed by atoms with Gasteiger partial charge in [-0.15, -0.1) is 0 Å². The lowest BCUT2D eigenvalue weighted by Crippen LogP contribution is -2.40. The number of aromatic nitrogens is 1. The summed E-state index contributed by atoms with van der Waals surface area (Å²) in [5, 5.41) is 3.82. The second-order valence-corrected chi connectivity index (χ2v) is 5.38. The molecule has 0 radical (unpaired) electrons. The van der Waals surface area contributed by atoms with Crippen LogP contribution < -0.4 is 9.44 Å². The van der Waals surface area contributed by atoms with Crippen molar-refractivity contribution in [3.8, 4) is 0 Å². The van der Waals surface area contributed by atoms with E-state index in [0.717, 1.165) is 17.0 Å². The third kappa shape index (κ3) is 3.29. The summed E-state index contributed by atoms with van der Waals surface area (Å²) in [6.45, 7) is 5.44. The maximum atomic E-state index is 11.2. The molecule has 0 amide bonds. The smallest absolute Gasteiger partial charge is 0.276 e. The molecule has 0 spiro atoms. The Hall–Kier alpha value is -0.920. The topological polar surface area (TPSA) is 84.2 Å². The SMILES string of the molecule is CNS(=O)(=O)NC(C)Cc1c(C)noc1C. The van der Waals surface area contributed by atoms with Gasteiger partial charge in [0.15, 0.2) is 0 Å². The first kappa shape index (κ1) is 13.1. The van der Waals surface area contributed by atoms with E-state index < -0.39 is 10.2 Å². The zero-order valence-electron chi connectivity index (χ0n) is 9.86. The van der Waals surface area contributed by atoms with Crippen LogP contribution in [0.4, 0.5) is 0 Å². The lowest BCUT2D eigenvalue weighted by molar-refractivity contribution is 0.392. The largest absolute Gasteiger partial charge is 0.361 e. The maximum absolute atomic E-state index is 11.2. The Morgan fingerprint density at radius 3 is 2.50 bits per heavy atom. The molecule has 1 heterocycles. The molecule has 0 saturated carbocycles. The highest BCUT2D eigenvalue weighted by molar-refractivity contribution is 7.87. The third-order valence-electron chi connectivity index (χ3n) is 2.32. The summed E-state index contributed by atoms with van der Waals surface area (Å²) < 4.78 is 32.2. The van der Waals surface area contributed by atoms with Gasteiger partial charge in [-0.05, 0) is 27.2 Å². The van der Waals surface area contributed by atoms with Crippen LogP contribution in [0.1, 0.15) is 23.9 Å². The molecular formula is C9H17N3O3S. The van der Waals surface area contributed by atoms with Crippen LogP contribution in [0.2, 0.25) is 0 Å². The van der Waals surface area contributed by atoms with Crippen LogP contribution in [-0.2, 0) is 16.6 Å². The monoisotopic (exact) mass is 247 g/mol. The Morgan fingerprint density at radius 2 is 2.06 bits per heavy atom. The predicted octanol–water partition coefficient (Wildman–Crippen LogP) is 0.276. The predicted molar refractivity (Wildman–Crippen MR) is 60.3 cm³/mol. The van der Waals surface area contributed by atoms with Gasteiger partial charge in [0, 0.05) is 18.7 Å². The quantitative estimate of drug-likeness (QED) is 0.782. The summed E-state index contributed by atoms with van der Waals surface area (Å²) in [7, 11) is -2.03. The second-order valence-electron chi connectivity index (χ2n) is 3.73. The molecule has 0 aliphatic carbocycles. The lowest BCUT2D eigenvalue weighted by Gasteiger charge is -2.12. The summed E-state index contributed by atoms with van der Waals surface area (Å²) in [6, 6.07) is -0.214. The molecule has 0 aliphatic rings. The van der Waals surface area contributed by atoms with E-state index in [2.05, 4.69) is 14.6 Å². The van der Waals surface area contributed by atoms with Gasteiger partial charge in [0.2, 0.25) is 0 Å². The average Bonchev–Trinajstić information content (AvgIpc) is 2.49. The second kappa shape index (κ2) is 4.94. The first-order valence-corrected chi connectivity index (χ1v) is 6.46. The lowest BCUT2D eigenvalue weighted by atomic mass is 10.1. The van der Waals surface area contributed by atoms with Crippen LogP contribution in [0.5, 0.6) is 0 Å². The Kier molecular flexibility index (Phi) is 4.06. The number of nitrogens with one attached hydrogen (secondary N) is 2. The minimum absolute atomic E-state index is 0.214. The van der Waals surface area contributed by atoms with Crippen molar-refractivity contribution >= 4 is 10.2 Å². The van der Waals surface area contributed by atoms with Crippen LogP contribution in [0.3, 0.4) is 0 Å². The fourth-order valence-electron chi connectivity index (χ4n) is 1.46. The van der Waals surface area contributed by atoms with E-state index >= 15 is 0 Å². The van der Waals surface area contributed by atoms with Crippen molar-refractivity contribution < 1.29 is 12.9 Å². The summed E-state index contributed by atoms with van der Waals surface area (Å²) in [5.74, 6) is 0.730. The van der Waals surface area contributed by atoms with Crippen molar-refractivity contribution in [2.75, 3.05) is 7.05 Å². The molecule has 0 fully saturated rings. The minimum Gasteiger partial charge on any atom is -0.361 e. The average molecular weight is 247 g/mol. The molecule has 0 aromatic carbocycles. The van der Waals surface area contributed by atoms with Crippen LogP contribution in [0.15, 0.2) is 4.52 Å². The zero-order chi connectivity index (χ0) is 12.3. The van der Waals surface area contributed by atoms with E-state index in [1.807, 2.05) is 13.8 Å². The Labute approximate surface area is 95.6 Å². The van der Waals surface area contributed by atoms with Crippen LogP contribution in [-0.4, -0.2) is 26.7 Å². The minimum atomic E-state index is -3.40. The molecule has 1 unspecified atom stereocenters. The summed E-state index contributed by atoms with van der Waals surface area (Å²) in [5.41, 5.74) is 1.75. The van der Waals surface area contributed by atoms with Gasteiger partial charge in [0.1, 0.15) is 5.76 Å². The highest BCUT2D eigenvalue weighted by Crippen LogP contribution is 2.14. The van der Waals surface area contributed by atoms with E-state index in [9.17, 15) is 8.42 Å². The Morgan fingerprint density at radius 1 is 1.44 bits per heavy atom. The van der Waals surface area contributed by atoms with Crippen molar-refractivity contribution in [2.45, 2.75) is 33.2 Å². The molecule has 1 atom stereocenters. The molecule has 0 aliphatic heterocycles. The van der Waals surface area contributed by atoms with Crippen molar-refractivity contribution in [1.29, 1.82) is 0 Å². The molecule has 7 heteroatoms. The third-order valence-corrected chi connectivity index (χ3v) is 3.57. The molecule has 16 heavy (non-hydrogen) atoms. The first-order valence-electron chi connectivity index (χ1n) is 4.98. The molecular weight excluding hydrogens is 230 g/mol. The van der Waals surface area contributed by atoms with Crippen LogP contribution in [0.25, 0.3) is 0 Å². The molecule has 6 nitrogen and oxygen atoms in total. The first-order chi connectivity index (χ1) is 7.35. The van der Waals surface area contributed by atoms with Gasteiger partial charge in [-0.1, -0.05) is 5.16 Å². The van der Waals surface area contributed by atoms with Crippen LogP contribution >= 0.6 is 0 Å². The fourth-order valence-corrected chi connectivity index (χ4v) is 2.20. The van der Waals surface area contributed by atoms with E-state index in [0.29, 0.717) is 6.42 Å². The number of aryl methyl sites for hydroxylation is 2. The number of hydrogen-bond donors (Lipinski definition) is 2. The van der Waals surface area contributed by atoms with Crippen LogP contribution in [0, 0.1) is 13.8 Å². The number of rotatable bonds is 5. The van der Waals surface area contributed by atoms with Gasteiger partial charge >= 0.3 is 0 Å². The van der Waals surface area contributed by atoms with Gasteiger partial charge in [0.25, 0.3) is 10.2 Å². The molecule has 1 aromatic rings. The van der Waals surface area contributed by atoms with Gasteiger partial charge in [-0.3, -0.25) is 0 Å². The molecule has 92 valence electrons. The van der Waals surface area contributed by atoms with E-state index in [4.69, 9.17) is 4.52 Å². The standard InChI is InChI=1S/C9H17N3O3S/c1-6(12-16(13,14)10-4)5-9-7(2)11-15-8(9)3/h6,10,12H,5H2,1-4H3.